The van der Waals surface area contributed by atoms with E-state index in [0.717, 1.165) is 5.69 Å². The van der Waals surface area contributed by atoms with Crippen molar-refractivity contribution in [1.82, 2.24) is 0 Å². The molecule has 20 heavy (non-hydrogen) atoms. The summed E-state index contributed by atoms with van der Waals surface area (Å²) in [6, 6.07) is 5.51. The molecule has 5 nitrogen and oxygen atoms in total. The SMILES string of the molecule is COCCN(c1cccc(C(=O)O)c1N)C(C)C1CC1. The first-order chi connectivity index (χ1) is 9.56. The Balaban J connectivity index is 2.31. The Morgan fingerprint density at radius 1 is 1.55 bits per heavy atom. The van der Waals surface area contributed by atoms with Crippen LogP contribution in [0.25, 0.3) is 0 Å². The molecule has 1 aromatic carbocycles. The maximum absolute atomic E-state index is 11.2. The zero-order chi connectivity index (χ0) is 14.7. The van der Waals surface area contributed by atoms with Crippen molar-refractivity contribution in [3.05, 3.63) is 23.8 Å². The van der Waals surface area contributed by atoms with Gasteiger partial charge in [0.25, 0.3) is 0 Å². The normalized spacial score (nSPS) is 15.9. The van der Waals surface area contributed by atoms with E-state index in [9.17, 15) is 9.90 Å². The minimum absolute atomic E-state index is 0.160. The van der Waals surface area contributed by atoms with Crippen molar-refractivity contribution in [3.63, 3.8) is 0 Å². The second-order valence-electron chi connectivity index (χ2n) is 5.31. The number of carboxylic acid groups (broad SMARTS) is 1. The molecule has 2 rings (SSSR count). The summed E-state index contributed by atoms with van der Waals surface area (Å²) in [5.74, 6) is -0.324. The predicted molar refractivity (Wildman–Crippen MR) is 79.2 cm³/mol. The molecule has 1 unspecified atom stereocenters. The number of anilines is 2. The molecular formula is C15H22N2O3. The fourth-order valence-corrected chi connectivity index (χ4v) is 2.56. The number of carbonyl (C=O) groups is 1. The third-order valence-corrected chi connectivity index (χ3v) is 3.96. The minimum atomic E-state index is -0.991. The number of methoxy groups -OCH3 is 1. The molecule has 1 aliphatic rings. The second kappa shape index (κ2) is 6.13. The van der Waals surface area contributed by atoms with Gasteiger partial charge in [-0.3, -0.25) is 0 Å². The highest BCUT2D eigenvalue weighted by molar-refractivity contribution is 5.97. The topological polar surface area (TPSA) is 75.8 Å². The quantitative estimate of drug-likeness (QED) is 0.748. The minimum Gasteiger partial charge on any atom is -0.478 e. The van der Waals surface area contributed by atoms with E-state index in [0.29, 0.717) is 30.8 Å². The number of nitrogen functional groups attached to an aromatic ring is 1. The summed E-state index contributed by atoms with van der Waals surface area (Å²) in [5.41, 5.74) is 7.34. The smallest absolute Gasteiger partial charge is 0.337 e. The number of hydrogen-bond acceptors (Lipinski definition) is 4. The summed E-state index contributed by atoms with van der Waals surface area (Å²) in [6.45, 7) is 3.47. The lowest BCUT2D eigenvalue weighted by atomic mass is 10.1. The van der Waals surface area contributed by atoms with Crippen molar-refractivity contribution < 1.29 is 14.6 Å². The number of benzene rings is 1. The molecule has 1 saturated carbocycles. The van der Waals surface area contributed by atoms with Crippen LogP contribution in [0, 0.1) is 5.92 Å². The number of rotatable bonds is 7. The van der Waals surface area contributed by atoms with Gasteiger partial charge in [-0.2, -0.15) is 0 Å². The summed E-state index contributed by atoms with van der Waals surface area (Å²) < 4.78 is 5.16. The van der Waals surface area contributed by atoms with Crippen LogP contribution in [-0.2, 0) is 4.74 Å². The van der Waals surface area contributed by atoms with Gasteiger partial charge in [0.15, 0.2) is 0 Å². The molecule has 1 fully saturated rings. The van der Waals surface area contributed by atoms with Crippen molar-refractivity contribution in [2.45, 2.75) is 25.8 Å². The van der Waals surface area contributed by atoms with Gasteiger partial charge in [-0.15, -0.1) is 0 Å². The first kappa shape index (κ1) is 14.7. The predicted octanol–water partition coefficient (Wildman–Crippen LogP) is 2.22. The van der Waals surface area contributed by atoms with Gasteiger partial charge in [0.05, 0.1) is 23.5 Å². The Labute approximate surface area is 119 Å². The molecule has 3 N–H and O–H groups in total. The Morgan fingerprint density at radius 2 is 2.25 bits per heavy atom. The fraction of sp³-hybridized carbons (Fsp3) is 0.533. The molecule has 5 heteroatoms. The molecular weight excluding hydrogens is 256 g/mol. The first-order valence-corrected chi connectivity index (χ1v) is 6.93. The average Bonchev–Trinajstić information content (AvgIpc) is 3.24. The molecule has 0 aliphatic heterocycles. The zero-order valence-electron chi connectivity index (χ0n) is 12.0. The number of ether oxygens (including phenoxy) is 1. The largest absolute Gasteiger partial charge is 0.478 e. The molecule has 0 spiro atoms. The molecule has 0 amide bonds. The zero-order valence-corrected chi connectivity index (χ0v) is 12.0. The number of carboxylic acids is 1. The van der Waals surface area contributed by atoms with Crippen LogP contribution >= 0.6 is 0 Å². The molecule has 1 aromatic rings. The van der Waals surface area contributed by atoms with E-state index < -0.39 is 5.97 Å². The van der Waals surface area contributed by atoms with Crippen molar-refractivity contribution in [2.75, 3.05) is 30.9 Å². The van der Waals surface area contributed by atoms with E-state index in [2.05, 4.69) is 11.8 Å². The van der Waals surface area contributed by atoms with Gasteiger partial charge in [-0.1, -0.05) is 6.07 Å². The van der Waals surface area contributed by atoms with Gasteiger partial charge >= 0.3 is 5.97 Å². The van der Waals surface area contributed by atoms with E-state index in [1.54, 1.807) is 13.2 Å². The highest BCUT2D eigenvalue weighted by atomic mass is 16.5. The van der Waals surface area contributed by atoms with Crippen molar-refractivity contribution in [2.24, 2.45) is 5.92 Å². The lowest BCUT2D eigenvalue weighted by Gasteiger charge is -2.32. The Hall–Kier alpha value is -1.75. The van der Waals surface area contributed by atoms with E-state index in [4.69, 9.17) is 10.5 Å². The monoisotopic (exact) mass is 278 g/mol. The summed E-state index contributed by atoms with van der Waals surface area (Å²) in [4.78, 5) is 13.4. The fourth-order valence-electron chi connectivity index (χ4n) is 2.56. The van der Waals surface area contributed by atoms with Crippen molar-refractivity contribution >= 4 is 17.3 Å². The molecule has 0 saturated heterocycles. The van der Waals surface area contributed by atoms with Gasteiger partial charge in [0.2, 0.25) is 0 Å². The van der Waals surface area contributed by atoms with Crippen LogP contribution in [0.4, 0.5) is 11.4 Å². The lowest BCUT2D eigenvalue weighted by Crippen LogP contribution is -2.38. The van der Waals surface area contributed by atoms with Crippen LogP contribution in [0.15, 0.2) is 18.2 Å². The first-order valence-electron chi connectivity index (χ1n) is 6.93. The number of nitrogens with two attached hydrogens (primary N) is 1. The molecule has 0 bridgehead atoms. The molecule has 0 heterocycles. The Bertz CT molecular complexity index is 486. The van der Waals surface area contributed by atoms with Gasteiger partial charge < -0.3 is 20.5 Å². The van der Waals surface area contributed by atoms with E-state index in [-0.39, 0.29) is 5.56 Å². The van der Waals surface area contributed by atoms with Crippen LogP contribution in [0.2, 0.25) is 0 Å². The molecule has 110 valence electrons. The van der Waals surface area contributed by atoms with Crippen LogP contribution in [0.5, 0.6) is 0 Å². The average molecular weight is 278 g/mol. The highest BCUT2D eigenvalue weighted by Gasteiger charge is 2.33. The van der Waals surface area contributed by atoms with Crippen LogP contribution in [0.1, 0.15) is 30.1 Å². The highest BCUT2D eigenvalue weighted by Crippen LogP contribution is 2.38. The van der Waals surface area contributed by atoms with E-state index >= 15 is 0 Å². The molecule has 0 radical (unpaired) electrons. The van der Waals surface area contributed by atoms with Gasteiger partial charge in [0.1, 0.15) is 0 Å². The summed E-state index contributed by atoms with van der Waals surface area (Å²) in [6.07, 6.45) is 2.45. The standard InChI is InChI=1S/C15H22N2O3/c1-10(11-6-7-11)17(8-9-20-2)13-5-3-4-12(14(13)16)15(18)19/h3-5,10-11H,6-9,16H2,1-2H3,(H,18,19). The second-order valence-corrected chi connectivity index (χ2v) is 5.31. The third kappa shape index (κ3) is 3.04. The summed E-state index contributed by atoms with van der Waals surface area (Å²) in [5, 5.41) is 9.18. The van der Waals surface area contributed by atoms with Crippen LogP contribution < -0.4 is 10.6 Å². The lowest BCUT2D eigenvalue weighted by molar-refractivity contribution is 0.0698. The number of hydrogen-bond donors (Lipinski definition) is 2. The summed E-state index contributed by atoms with van der Waals surface area (Å²) >= 11 is 0. The number of para-hydroxylation sites is 1. The molecule has 1 atom stereocenters. The maximum Gasteiger partial charge on any atom is 0.337 e. The molecule has 1 aliphatic carbocycles. The van der Waals surface area contributed by atoms with Gasteiger partial charge in [0, 0.05) is 19.7 Å². The van der Waals surface area contributed by atoms with Crippen LogP contribution in [-0.4, -0.2) is 37.4 Å². The Kier molecular flexibility index (Phi) is 4.49. The molecule has 0 aromatic heterocycles. The van der Waals surface area contributed by atoms with Crippen LogP contribution in [0.3, 0.4) is 0 Å². The summed E-state index contributed by atoms with van der Waals surface area (Å²) in [7, 11) is 1.66. The van der Waals surface area contributed by atoms with Crippen molar-refractivity contribution in [3.8, 4) is 0 Å². The van der Waals surface area contributed by atoms with Gasteiger partial charge in [-0.25, -0.2) is 4.79 Å². The van der Waals surface area contributed by atoms with Gasteiger partial charge in [-0.05, 0) is 37.8 Å². The Morgan fingerprint density at radius 3 is 2.80 bits per heavy atom. The maximum atomic E-state index is 11.2. The van der Waals surface area contributed by atoms with Crippen molar-refractivity contribution in [1.29, 1.82) is 0 Å². The number of aromatic carboxylic acids is 1. The number of nitrogens with zero attached hydrogens (tertiary/aromatic N) is 1. The van der Waals surface area contributed by atoms with E-state index in [1.807, 2.05) is 6.07 Å². The third-order valence-electron chi connectivity index (χ3n) is 3.96. The van der Waals surface area contributed by atoms with E-state index in [1.165, 1.54) is 18.9 Å².